The summed E-state index contributed by atoms with van der Waals surface area (Å²) in [5, 5.41) is 12.1. The summed E-state index contributed by atoms with van der Waals surface area (Å²) >= 11 is 0. The topological polar surface area (TPSA) is 65.8 Å². The smallest absolute Gasteiger partial charge is 0.255 e. The molecule has 1 aliphatic carbocycles. The Morgan fingerprint density at radius 3 is 2.41 bits per heavy atom. The standard InChI is InChI=1S/C28H39N3O3/c1-21(2)17-30-15-14-28(34,27(19-30)12-8-9-13-27)20-31-18-24(26(33)29(3)4)23(16-25(31)32)22-10-6-5-7-11-22/h5-7,10-11,16,18,21,34H,8-9,12-15,17,19-20H2,1-4H3. The van der Waals surface area contributed by atoms with Crippen molar-refractivity contribution in [3.8, 4) is 11.1 Å². The summed E-state index contributed by atoms with van der Waals surface area (Å²) in [6.45, 7) is 7.44. The van der Waals surface area contributed by atoms with E-state index >= 15 is 0 Å². The van der Waals surface area contributed by atoms with E-state index < -0.39 is 5.60 Å². The van der Waals surface area contributed by atoms with E-state index in [0.29, 0.717) is 23.5 Å². The van der Waals surface area contributed by atoms with E-state index in [2.05, 4.69) is 18.7 Å². The molecule has 1 saturated carbocycles. The Morgan fingerprint density at radius 2 is 1.79 bits per heavy atom. The van der Waals surface area contributed by atoms with E-state index in [-0.39, 0.29) is 23.4 Å². The molecule has 1 N–H and O–H groups in total. The first-order valence-electron chi connectivity index (χ1n) is 12.6. The van der Waals surface area contributed by atoms with Gasteiger partial charge in [-0.2, -0.15) is 0 Å². The minimum Gasteiger partial charge on any atom is -0.387 e. The van der Waals surface area contributed by atoms with E-state index in [0.717, 1.165) is 50.9 Å². The molecule has 6 heteroatoms. The molecule has 2 fully saturated rings. The maximum atomic E-state index is 13.3. The summed E-state index contributed by atoms with van der Waals surface area (Å²) in [5.41, 5.74) is 0.605. The Hall–Kier alpha value is -2.44. The van der Waals surface area contributed by atoms with E-state index in [9.17, 15) is 14.7 Å². The van der Waals surface area contributed by atoms with Crippen molar-refractivity contribution in [2.24, 2.45) is 11.3 Å². The molecule has 0 bridgehead atoms. The van der Waals surface area contributed by atoms with Gasteiger partial charge in [0.05, 0.1) is 17.7 Å². The number of benzene rings is 1. The number of hydrogen-bond donors (Lipinski definition) is 1. The molecule has 1 aromatic heterocycles. The van der Waals surface area contributed by atoms with Gasteiger partial charge in [0.25, 0.3) is 11.5 Å². The Labute approximate surface area is 203 Å². The Kier molecular flexibility index (Phi) is 7.02. The Morgan fingerprint density at radius 1 is 1.12 bits per heavy atom. The second kappa shape index (κ2) is 9.67. The minimum atomic E-state index is -0.965. The highest BCUT2D eigenvalue weighted by Crippen LogP contribution is 2.51. The molecule has 1 amide bonds. The fourth-order valence-corrected chi connectivity index (χ4v) is 6.10. The van der Waals surface area contributed by atoms with Crippen LogP contribution in [0.5, 0.6) is 0 Å². The molecule has 34 heavy (non-hydrogen) atoms. The van der Waals surface area contributed by atoms with Crippen LogP contribution in [0.3, 0.4) is 0 Å². The number of carbonyl (C=O) groups excluding carboxylic acids is 1. The summed E-state index contributed by atoms with van der Waals surface area (Å²) < 4.78 is 1.58. The van der Waals surface area contributed by atoms with Gasteiger partial charge in [0.1, 0.15) is 0 Å². The van der Waals surface area contributed by atoms with E-state index in [1.165, 1.54) is 4.90 Å². The lowest BCUT2D eigenvalue weighted by Crippen LogP contribution is -2.61. The van der Waals surface area contributed by atoms with Gasteiger partial charge in [0.2, 0.25) is 0 Å². The van der Waals surface area contributed by atoms with Gasteiger partial charge in [-0.05, 0) is 30.7 Å². The van der Waals surface area contributed by atoms with Gasteiger partial charge in [-0.3, -0.25) is 9.59 Å². The quantitative estimate of drug-likeness (QED) is 0.703. The van der Waals surface area contributed by atoms with Crippen LogP contribution in [0.4, 0.5) is 0 Å². The van der Waals surface area contributed by atoms with Crippen molar-refractivity contribution in [1.82, 2.24) is 14.4 Å². The van der Waals surface area contributed by atoms with Crippen molar-refractivity contribution in [3.05, 3.63) is 58.5 Å². The number of aromatic nitrogens is 1. The number of rotatable bonds is 6. The number of pyridine rings is 1. The minimum absolute atomic E-state index is 0.151. The highest BCUT2D eigenvalue weighted by molar-refractivity contribution is 6.00. The van der Waals surface area contributed by atoms with Crippen molar-refractivity contribution in [1.29, 1.82) is 0 Å². The average molecular weight is 466 g/mol. The molecule has 4 rings (SSSR count). The lowest BCUT2D eigenvalue weighted by Gasteiger charge is -2.53. The van der Waals surface area contributed by atoms with Gasteiger partial charge in [-0.1, -0.05) is 57.0 Å². The van der Waals surface area contributed by atoms with Crippen LogP contribution >= 0.6 is 0 Å². The molecule has 1 aromatic carbocycles. The normalized spacial score (nSPS) is 22.4. The molecule has 6 nitrogen and oxygen atoms in total. The van der Waals surface area contributed by atoms with Crippen LogP contribution in [0.1, 0.15) is 56.3 Å². The molecule has 184 valence electrons. The molecular formula is C28H39N3O3. The monoisotopic (exact) mass is 465 g/mol. The first-order chi connectivity index (χ1) is 16.1. The van der Waals surface area contributed by atoms with Crippen LogP contribution < -0.4 is 5.56 Å². The van der Waals surface area contributed by atoms with Crippen LogP contribution in [0.2, 0.25) is 0 Å². The largest absolute Gasteiger partial charge is 0.387 e. The zero-order valence-corrected chi connectivity index (χ0v) is 21.1. The maximum Gasteiger partial charge on any atom is 0.255 e. The summed E-state index contributed by atoms with van der Waals surface area (Å²) in [6.07, 6.45) is 6.52. The van der Waals surface area contributed by atoms with E-state index in [1.54, 1.807) is 30.9 Å². The Balaban J connectivity index is 1.72. The molecule has 2 heterocycles. The second-order valence-corrected chi connectivity index (χ2v) is 11.0. The van der Waals surface area contributed by atoms with Crippen molar-refractivity contribution < 1.29 is 9.90 Å². The van der Waals surface area contributed by atoms with E-state index in [1.807, 2.05) is 30.3 Å². The second-order valence-electron chi connectivity index (χ2n) is 11.0. The number of amides is 1. The highest BCUT2D eigenvalue weighted by atomic mass is 16.3. The molecule has 1 saturated heterocycles. The van der Waals surface area contributed by atoms with Crippen LogP contribution in [-0.2, 0) is 6.54 Å². The van der Waals surface area contributed by atoms with E-state index in [4.69, 9.17) is 0 Å². The fraction of sp³-hybridized carbons (Fsp3) is 0.571. The number of nitrogens with zero attached hydrogens (tertiary/aromatic N) is 3. The number of aliphatic hydroxyl groups is 1. The average Bonchev–Trinajstić information content (AvgIpc) is 3.27. The Bertz CT molecular complexity index is 1070. The third-order valence-electron chi connectivity index (χ3n) is 7.82. The van der Waals surface area contributed by atoms with Crippen molar-refractivity contribution in [3.63, 3.8) is 0 Å². The number of likely N-dealkylation sites (tertiary alicyclic amines) is 1. The van der Waals surface area contributed by atoms with Crippen molar-refractivity contribution >= 4 is 5.91 Å². The zero-order valence-electron chi connectivity index (χ0n) is 21.1. The van der Waals surface area contributed by atoms with Crippen molar-refractivity contribution in [2.75, 3.05) is 33.7 Å². The predicted octanol–water partition coefficient (Wildman–Crippen LogP) is 3.87. The summed E-state index contributed by atoms with van der Waals surface area (Å²) in [5.74, 6) is 0.430. The van der Waals surface area contributed by atoms with Crippen LogP contribution in [0.25, 0.3) is 11.1 Å². The van der Waals surface area contributed by atoms with Gasteiger partial charge >= 0.3 is 0 Å². The summed E-state index contributed by atoms with van der Waals surface area (Å²) in [7, 11) is 3.44. The first-order valence-corrected chi connectivity index (χ1v) is 12.6. The van der Waals surface area contributed by atoms with Gasteiger partial charge in [-0.25, -0.2) is 0 Å². The van der Waals surface area contributed by atoms with Crippen molar-refractivity contribution in [2.45, 2.75) is 58.1 Å². The lowest BCUT2D eigenvalue weighted by atomic mass is 9.65. The number of piperidine rings is 1. The van der Waals surface area contributed by atoms with Gasteiger partial charge < -0.3 is 19.5 Å². The molecule has 2 aliphatic rings. The molecule has 2 aromatic rings. The number of carbonyl (C=O) groups is 1. The highest BCUT2D eigenvalue weighted by Gasteiger charge is 2.54. The van der Waals surface area contributed by atoms with Crippen LogP contribution in [-0.4, -0.2) is 64.7 Å². The zero-order chi connectivity index (χ0) is 24.5. The predicted molar refractivity (Wildman–Crippen MR) is 136 cm³/mol. The molecule has 1 unspecified atom stereocenters. The SMILES string of the molecule is CC(C)CN1CCC(O)(Cn2cc(C(=O)N(C)C)c(-c3ccccc3)cc2=O)C2(CCCC2)C1. The van der Waals surface area contributed by atoms with Crippen LogP contribution in [0.15, 0.2) is 47.4 Å². The lowest BCUT2D eigenvalue weighted by molar-refractivity contribution is -0.144. The fourth-order valence-electron chi connectivity index (χ4n) is 6.10. The third kappa shape index (κ3) is 4.71. The molecule has 1 atom stereocenters. The van der Waals surface area contributed by atoms with Gasteiger partial charge in [0, 0.05) is 57.0 Å². The molecular weight excluding hydrogens is 426 g/mol. The number of hydrogen-bond acceptors (Lipinski definition) is 4. The van der Waals surface area contributed by atoms with Crippen LogP contribution in [0, 0.1) is 11.3 Å². The summed E-state index contributed by atoms with van der Waals surface area (Å²) in [6, 6.07) is 11.1. The molecule has 0 radical (unpaired) electrons. The first kappa shape index (κ1) is 24.7. The third-order valence-corrected chi connectivity index (χ3v) is 7.82. The summed E-state index contributed by atoms with van der Waals surface area (Å²) in [4.78, 5) is 30.4. The molecule has 1 spiro atoms. The molecule has 1 aliphatic heterocycles. The van der Waals surface area contributed by atoms with Gasteiger partial charge in [-0.15, -0.1) is 0 Å². The van der Waals surface area contributed by atoms with Gasteiger partial charge in [0.15, 0.2) is 0 Å². The maximum absolute atomic E-state index is 13.3.